The van der Waals surface area contributed by atoms with E-state index in [1.165, 1.54) is 0 Å². The van der Waals surface area contributed by atoms with Crippen LogP contribution in [0.2, 0.25) is 0 Å². The van der Waals surface area contributed by atoms with Gasteiger partial charge in [-0.15, -0.1) is 28.3 Å². The van der Waals surface area contributed by atoms with Crippen molar-refractivity contribution in [2.24, 2.45) is 5.41 Å². The van der Waals surface area contributed by atoms with E-state index in [0.717, 1.165) is 0 Å². The second kappa shape index (κ2) is 5.01. The van der Waals surface area contributed by atoms with Gasteiger partial charge in [0, 0.05) is 19.5 Å². The number of nitrogens with one attached hydrogen (secondary N) is 2. The largest absolute Gasteiger partial charge is 0.346 e. The van der Waals surface area contributed by atoms with Gasteiger partial charge in [-0.3, -0.25) is 5.10 Å². The normalized spacial score (nSPS) is 24.6. The summed E-state index contributed by atoms with van der Waals surface area (Å²) >= 11 is 11.9. The molecule has 2 N–H and O–H groups in total. The highest BCUT2D eigenvalue weighted by Gasteiger charge is 2.64. The molecule has 0 aliphatic heterocycles. The number of aromatic amines is 1. The van der Waals surface area contributed by atoms with Gasteiger partial charge in [-0.1, -0.05) is 6.92 Å². The van der Waals surface area contributed by atoms with Gasteiger partial charge in [0.1, 0.15) is 10.2 Å². The van der Waals surface area contributed by atoms with Crippen LogP contribution >= 0.6 is 23.2 Å². The molecule has 0 spiro atoms. The lowest BCUT2D eigenvalue weighted by atomic mass is 10.2. The smallest absolute Gasteiger partial charge is 0.244 e. The number of sulfonamides is 1. The molecule has 1 aromatic rings. The Kier molecular flexibility index (Phi) is 3.96. The number of hydrogen-bond donors (Lipinski definition) is 2. The summed E-state index contributed by atoms with van der Waals surface area (Å²) in [5.74, 6) is 0.830. The van der Waals surface area contributed by atoms with Crippen molar-refractivity contribution in [3.63, 3.8) is 0 Å². The van der Waals surface area contributed by atoms with E-state index in [-0.39, 0.29) is 12.3 Å². The van der Waals surface area contributed by atoms with Gasteiger partial charge < -0.3 is 4.90 Å². The molecule has 0 radical (unpaired) electrons. The molecule has 1 saturated carbocycles. The number of alkyl halides is 2. The number of halogens is 2. The molecular weight excluding hydrogens is 325 g/mol. The summed E-state index contributed by atoms with van der Waals surface area (Å²) in [7, 11) is 0.117. The topological polar surface area (TPSA) is 91.0 Å². The summed E-state index contributed by atoms with van der Waals surface area (Å²) in [6.45, 7) is 1.81. The monoisotopic (exact) mass is 341 g/mol. The highest BCUT2D eigenvalue weighted by atomic mass is 35.5. The third kappa shape index (κ3) is 3.36. The molecule has 1 aromatic heterocycles. The summed E-state index contributed by atoms with van der Waals surface area (Å²) in [6.07, 6.45) is 0.469. The summed E-state index contributed by atoms with van der Waals surface area (Å²) in [5.41, 5.74) is -0.599. The Morgan fingerprint density at radius 2 is 2.05 bits per heavy atom. The molecule has 10 heteroatoms. The number of hydrogen-bond acceptors (Lipinski definition) is 5. The minimum Gasteiger partial charge on any atom is -0.346 e. The van der Waals surface area contributed by atoms with Gasteiger partial charge in [0.25, 0.3) is 0 Å². The Balaban J connectivity index is 1.92. The lowest BCUT2D eigenvalue weighted by Gasteiger charge is -2.12. The van der Waals surface area contributed by atoms with E-state index in [2.05, 4.69) is 19.9 Å². The lowest BCUT2D eigenvalue weighted by molar-refractivity contribution is 0.550. The summed E-state index contributed by atoms with van der Waals surface area (Å²) < 4.78 is 25.5. The molecule has 114 valence electrons. The molecular formula is C10H17Cl2N5O2S. The molecule has 2 rings (SSSR count). The fourth-order valence-electron chi connectivity index (χ4n) is 1.82. The van der Waals surface area contributed by atoms with Crippen molar-refractivity contribution in [3.8, 4) is 0 Å². The van der Waals surface area contributed by atoms with Crippen molar-refractivity contribution in [1.29, 1.82) is 0 Å². The van der Waals surface area contributed by atoms with Gasteiger partial charge in [0.15, 0.2) is 0 Å². The molecule has 1 aliphatic carbocycles. The van der Waals surface area contributed by atoms with E-state index >= 15 is 0 Å². The van der Waals surface area contributed by atoms with Crippen molar-refractivity contribution < 1.29 is 8.42 Å². The van der Waals surface area contributed by atoms with Gasteiger partial charge in [-0.05, 0) is 6.42 Å². The van der Waals surface area contributed by atoms with Crippen LogP contribution in [0.15, 0.2) is 0 Å². The van der Waals surface area contributed by atoms with Gasteiger partial charge in [-0.2, -0.15) is 4.98 Å². The molecule has 0 saturated heterocycles. The van der Waals surface area contributed by atoms with Crippen LogP contribution in [-0.4, -0.2) is 47.8 Å². The number of H-pyrrole nitrogens is 1. The predicted octanol–water partition coefficient (Wildman–Crippen LogP) is 0.874. The maximum atomic E-state index is 12.0. The van der Waals surface area contributed by atoms with Crippen LogP contribution in [0.5, 0.6) is 0 Å². The van der Waals surface area contributed by atoms with E-state index < -0.39 is 19.8 Å². The minimum atomic E-state index is -3.48. The maximum absolute atomic E-state index is 12.0. The number of nitrogens with zero attached hydrogens (tertiary/aromatic N) is 3. The van der Waals surface area contributed by atoms with Crippen molar-refractivity contribution >= 4 is 39.2 Å². The van der Waals surface area contributed by atoms with Crippen LogP contribution in [-0.2, 0) is 16.6 Å². The van der Waals surface area contributed by atoms with E-state index in [1.54, 1.807) is 25.9 Å². The molecule has 1 aliphatic rings. The van der Waals surface area contributed by atoms with Gasteiger partial charge in [-0.25, -0.2) is 13.1 Å². The zero-order valence-corrected chi connectivity index (χ0v) is 13.8. The van der Waals surface area contributed by atoms with E-state index in [9.17, 15) is 8.42 Å². The van der Waals surface area contributed by atoms with Crippen LogP contribution in [0.4, 0.5) is 5.95 Å². The van der Waals surface area contributed by atoms with Crippen molar-refractivity contribution in [2.75, 3.05) is 24.7 Å². The SMILES string of the molecule is CN(C)c1n[nH]c(CNS(=O)(=O)CC2(C)CC2(Cl)Cl)n1. The Labute approximate surface area is 128 Å². The third-order valence-corrected chi connectivity index (χ3v) is 6.04. The van der Waals surface area contributed by atoms with Crippen molar-refractivity contribution in [2.45, 2.75) is 24.2 Å². The maximum Gasteiger partial charge on any atom is 0.244 e. The first-order valence-corrected chi connectivity index (χ1v) is 8.39. The fourth-order valence-corrected chi connectivity index (χ4v) is 4.34. The molecule has 0 aromatic carbocycles. The zero-order chi connectivity index (χ0) is 15.2. The van der Waals surface area contributed by atoms with Gasteiger partial charge in [0.05, 0.1) is 12.3 Å². The molecule has 1 fully saturated rings. The Morgan fingerprint density at radius 1 is 1.45 bits per heavy atom. The number of aromatic nitrogens is 3. The van der Waals surface area contributed by atoms with Crippen molar-refractivity contribution in [3.05, 3.63) is 5.82 Å². The Hall–Kier alpha value is -0.570. The van der Waals surface area contributed by atoms with Crippen LogP contribution in [0, 0.1) is 5.41 Å². The number of anilines is 1. The summed E-state index contributed by atoms with van der Waals surface area (Å²) in [6, 6.07) is 0. The summed E-state index contributed by atoms with van der Waals surface area (Å²) in [4.78, 5) is 5.85. The first kappa shape index (κ1) is 15.8. The molecule has 1 heterocycles. The van der Waals surface area contributed by atoms with Crippen molar-refractivity contribution in [1.82, 2.24) is 19.9 Å². The molecule has 0 bridgehead atoms. The average Bonchev–Trinajstić information content (AvgIpc) is 2.65. The molecule has 0 amide bonds. The van der Waals surface area contributed by atoms with E-state index in [1.807, 2.05) is 0 Å². The highest BCUT2D eigenvalue weighted by Crippen LogP contribution is 2.64. The van der Waals surface area contributed by atoms with Crippen LogP contribution in [0.1, 0.15) is 19.2 Å². The predicted molar refractivity (Wildman–Crippen MR) is 78.5 cm³/mol. The zero-order valence-electron chi connectivity index (χ0n) is 11.4. The van der Waals surface area contributed by atoms with Crippen LogP contribution in [0.25, 0.3) is 0 Å². The second-order valence-electron chi connectivity index (χ2n) is 5.50. The average molecular weight is 342 g/mol. The van der Waals surface area contributed by atoms with Crippen LogP contribution < -0.4 is 9.62 Å². The molecule has 20 heavy (non-hydrogen) atoms. The summed E-state index contributed by atoms with van der Waals surface area (Å²) in [5, 5.41) is 6.61. The highest BCUT2D eigenvalue weighted by molar-refractivity contribution is 7.89. The lowest BCUT2D eigenvalue weighted by Crippen LogP contribution is -2.31. The Bertz CT molecular complexity index is 601. The first-order chi connectivity index (χ1) is 9.05. The molecule has 1 atom stereocenters. The minimum absolute atomic E-state index is 0.0524. The molecule has 1 unspecified atom stereocenters. The quantitative estimate of drug-likeness (QED) is 0.749. The standard InChI is InChI=1S/C10H17Cl2N5O2S/c1-9(5-10(9,11)12)6-20(18,19)13-4-7-14-8(16-15-7)17(2)3/h13H,4-6H2,1-3H3,(H,14,15,16). The number of rotatable bonds is 6. The van der Waals surface area contributed by atoms with Gasteiger partial charge in [0.2, 0.25) is 16.0 Å². The fraction of sp³-hybridized carbons (Fsp3) is 0.800. The van der Waals surface area contributed by atoms with E-state index in [0.29, 0.717) is 18.2 Å². The molecule has 7 nitrogen and oxygen atoms in total. The first-order valence-electron chi connectivity index (χ1n) is 5.98. The van der Waals surface area contributed by atoms with E-state index in [4.69, 9.17) is 23.2 Å². The third-order valence-electron chi connectivity index (χ3n) is 3.26. The second-order valence-corrected chi connectivity index (χ2v) is 8.79. The van der Waals surface area contributed by atoms with Crippen LogP contribution in [0.3, 0.4) is 0 Å². The Morgan fingerprint density at radius 3 is 2.50 bits per heavy atom. The van der Waals surface area contributed by atoms with Gasteiger partial charge >= 0.3 is 0 Å².